The first-order valence-corrected chi connectivity index (χ1v) is 11.0. The van der Waals surface area contributed by atoms with Crippen LogP contribution < -0.4 is 5.32 Å². The lowest BCUT2D eigenvalue weighted by molar-refractivity contribution is -0.127. The number of aromatic amines is 1. The van der Waals surface area contributed by atoms with Crippen LogP contribution in [0.1, 0.15) is 61.9 Å². The Labute approximate surface area is 163 Å². The standard InChI is InChI=1S/C21H35N5O/c1-25-12-9-17(10-13-25)26-11-5-6-16(15-26)21(27)22-14-20-18-7-3-2-4-8-19(18)23-24-20/h16-17H,2-15H2,1H3,(H,22,27)(H,23,24). The summed E-state index contributed by atoms with van der Waals surface area (Å²) in [7, 11) is 2.21. The van der Waals surface area contributed by atoms with Crippen molar-refractivity contribution in [2.75, 3.05) is 33.2 Å². The van der Waals surface area contributed by atoms with Crippen molar-refractivity contribution >= 4 is 5.91 Å². The molecule has 1 atom stereocenters. The summed E-state index contributed by atoms with van der Waals surface area (Å²) in [5.41, 5.74) is 3.72. The second kappa shape index (κ2) is 8.74. The number of carbonyl (C=O) groups is 1. The summed E-state index contributed by atoms with van der Waals surface area (Å²) in [6.07, 6.45) is 10.6. The van der Waals surface area contributed by atoms with Gasteiger partial charge in [-0.1, -0.05) is 6.42 Å². The number of rotatable bonds is 4. The number of nitrogens with one attached hydrogen (secondary N) is 2. The lowest BCUT2D eigenvalue weighted by Gasteiger charge is -2.41. The molecule has 2 N–H and O–H groups in total. The van der Waals surface area contributed by atoms with Gasteiger partial charge < -0.3 is 10.2 Å². The number of amides is 1. The van der Waals surface area contributed by atoms with Gasteiger partial charge in [-0.2, -0.15) is 5.10 Å². The van der Waals surface area contributed by atoms with E-state index in [0.29, 0.717) is 12.6 Å². The van der Waals surface area contributed by atoms with Crippen LogP contribution in [0.2, 0.25) is 0 Å². The van der Waals surface area contributed by atoms with E-state index in [1.807, 2.05) is 0 Å². The zero-order valence-electron chi connectivity index (χ0n) is 16.8. The third-order valence-electron chi connectivity index (χ3n) is 6.85. The van der Waals surface area contributed by atoms with Crippen LogP contribution in [0.15, 0.2) is 0 Å². The van der Waals surface area contributed by atoms with Crippen LogP contribution in [0.4, 0.5) is 0 Å². The van der Waals surface area contributed by atoms with E-state index >= 15 is 0 Å². The molecule has 3 aliphatic rings. The summed E-state index contributed by atoms with van der Waals surface area (Å²) >= 11 is 0. The minimum Gasteiger partial charge on any atom is -0.350 e. The maximum atomic E-state index is 12.8. The molecule has 1 aliphatic carbocycles. The Bertz CT molecular complexity index is 635. The van der Waals surface area contributed by atoms with Crippen LogP contribution >= 0.6 is 0 Å². The van der Waals surface area contributed by atoms with Gasteiger partial charge in [-0.25, -0.2) is 0 Å². The first-order chi connectivity index (χ1) is 13.2. The Morgan fingerprint density at radius 1 is 1.11 bits per heavy atom. The van der Waals surface area contributed by atoms with Crippen molar-refractivity contribution < 1.29 is 4.79 Å². The highest BCUT2D eigenvalue weighted by atomic mass is 16.1. The number of likely N-dealkylation sites (tertiary alicyclic amines) is 2. The van der Waals surface area contributed by atoms with Gasteiger partial charge in [0.2, 0.25) is 5.91 Å². The first-order valence-electron chi connectivity index (χ1n) is 11.0. The van der Waals surface area contributed by atoms with E-state index < -0.39 is 0 Å². The number of hydrogen-bond donors (Lipinski definition) is 2. The van der Waals surface area contributed by atoms with Crippen molar-refractivity contribution in [1.29, 1.82) is 0 Å². The number of hydrogen-bond acceptors (Lipinski definition) is 4. The molecule has 6 nitrogen and oxygen atoms in total. The van der Waals surface area contributed by atoms with Crippen molar-refractivity contribution in [2.24, 2.45) is 5.92 Å². The molecule has 150 valence electrons. The molecule has 1 aromatic heterocycles. The predicted molar refractivity (Wildman–Crippen MR) is 107 cm³/mol. The zero-order valence-corrected chi connectivity index (χ0v) is 16.8. The molecule has 2 aliphatic heterocycles. The molecule has 2 saturated heterocycles. The number of aryl methyl sites for hydroxylation is 1. The first kappa shape index (κ1) is 18.9. The third-order valence-corrected chi connectivity index (χ3v) is 6.85. The largest absolute Gasteiger partial charge is 0.350 e. The van der Waals surface area contributed by atoms with Crippen molar-refractivity contribution in [3.63, 3.8) is 0 Å². The highest BCUT2D eigenvalue weighted by Crippen LogP contribution is 2.24. The fourth-order valence-corrected chi connectivity index (χ4v) is 5.10. The molecule has 1 unspecified atom stereocenters. The van der Waals surface area contributed by atoms with Gasteiger partial charge in [-0.15, -0.1) is 0 Å². The van der Waals surface area contributed by atoms with E-state index in [2.05, 4.69) is 32.4 Å². The van der Waals surface area contributed by atoms with E-state index in [0.717, 1.165) is 44.5 Å². The number of aromatic nitrogens is 2. The quantitative estimate of drug-likeness (QED) is 0.794. The number of nitrogens with zero attached hydrogens (tertiary/aromatic N) is 3. The summed E-state index contributed by atoms with van der Waals surface area (Å²) in [6, 6.07) is 0.666. The Hall–Kier alpha value is -1.40. The molecule has 6 heteroatoms. The molecule has 4 rings (SSSR count). The monoisotopic (exact) mass is 373 g/mol. The van der Waals surface area contributed by atoms with Crippen molar-refractivity contribution in [3.05, 3.63) is 17.0 Å². The van der Waals surface area contributed by atoms with Crippen molar-refractivity contribution in [3.8, 4) is 0 Å². The summed E-state index contributed by atoms with van der Waals surface area (Å²) in [6.45, 7) is 5.03. The molecule has 3 heterocycles. The van der Waals surface area contributed by atoms with E-state index in [1.54, 1.807) is 0 Å². The Kier molecular flexibility index (Phi) is 6.13. The van der Waals surface area contributed by atoms with Crippen molar-refractivity contribution in [2.45, 2.75) is 70.4 Å². The molecule has 0 radical (unpaired) electrons. The molecule has 1 amide bonds. The van der Waals surface area contributed by atoms with Crippen LogP contribution in [-0.4, -0.2) is 65.2 Å². The van der Waals surface area contributed by atoms with Crippen LogP contribution in [0.25, 0.3) is 0 Å². The molecule has 0 bridgehead atoms. The number of carbonyl (C=O) groups excluding carboxylic acids is 1. The minimum absolute atomic E-state index is 0.135. The van der Waals surface area contributed by atoms with Gasteiger partial charge in [0.25, 0.3) is 0 Å². The second-order valence-electron chi connectivity index (χ2n) is 8.77. The molecular formula is C21H35N5O. The maximum Gasteiger partial charge on any atom is 0.224 e. The van der Waals surface area contributed by atoms with Crippen LogP contribution in [0.5, 0.6) is 0 Å². The van der Waals surface area contributed by atoms with Gasteiger partial charge in [0.05, 0.1) is 18.2 Å². The van der Waals surface area contributed by atoms with Gasteiger partial charge >= 0.3 is 0 Å². The molecule has 0 aromatic carbocycles. The smallest absolute Gasteiger partial charge is 0.224 e. The van der Waals surface area contributed by atoms with Gasteiger partial charge in [0.1, 0.15) is 0 Å². The lowest BCUT2D eigenvalue weighted by Crippen LogP contribution is -2.50. The Balaban J connectivity index is 1.30. The number of fused-ring (bicyclic) bond motifs is 1. The fraction of sp³-hybridized carbons (Fsp3) is 0.810. The number of piperidine rings is 2. The molecule has 0 saturated carbocycles. The summed E-state index contributed by atoms with van der Waals surface area (Å²) in [5, 5.41) is 10.9. The average molecular weight is 374 g/mol. The molecule has 2 fully saturated rings. The Morgan fingerprint density at radius 2 is 1.93 bits per heavy atom. The molecule has 0 spiro atoms. The highest BCUT2D eigenvalue weighted by Gasteiger charge is 2.31. The summed E-state index contributed by atoms with van der Waals surface area (Å²) in [5.74, 6) is 0.356. The van der Waals surface area contributed by atoms with E-state index in [9.17, 15) is 4.79 Å². The summed E-state index contributed by atoms with van der Waals surface area (Å²) < 4.78 is 0. The average Bonchev–Trinajstić information content (AvgIpc) is 2.93. The van der Waals surface area contributed by atoms with Gasteiger partial charge in [0, 0.05) is 18.3 Å². The minimum atomic E-state index is 0.135. The van der Waals surface area contributed by atoms with E-state index in [1.165, 1.54) is 56.5 Å². The fourth-order valence-electron chi connectivity index (χ4n) is 5.10. The predicted octanol–water partition coefficient (Wildman–Crippen LogP) is 2.10. The lowest BCUT2D eigenvalue weighted by atomic mass is 9.93. The molecular weight excluding hydrogens is 338 g/mol. The SMILES string of the molecule is CN1CCC(N2CCCC(C(=O)NCc3n[nH]c4c3CCCCC4)C2)CC1. The number of H-pyrrole nitrogens is 1. The summed E-state index contributed by atoms with van der Waals surface area (Å²) in [4.78, 5) is 17.8. The second-order valence-corrected chi connectivity index (χ2v) is 8.77. The highest BCUT2D eigenvalue weighted by molar-refractivity contribution is 5.79. The molecule has 27 heavy (non-hydrogen) atoms. The van der Waals surface area contributed by atoms with Crippen LogP contribution in [0.3, 0.4) is 0 Å². The van der Waals surface area contributed by atoms with Crippen LogP contribution in [-0.2, 0) is 24.2 Å². The Morgan fingerprint density at radius 3 is 2.78 bits per heavy atom. The van der Waals surface area contributed by atoms with Crippen molar-refractivity contribution in [1.82, 2.24) is 25.3 Å². The van der Waals surface area contributed by atoms with Gasteiger partial charge in [0.15, 0.2) is 0 Å². The van der Waals surface area contributed by atoms with E-state index in [-0.39, 0.29) is 11.8 Å². The maximum absolute atomic E-state index is 12.8. The van der Waals surface area contributed by atoms with E-state index in [4.69, 9.17) is 0 Å². The zero-order chi connectivity index (χ0) is 18.6. The third kappa shape index (κ3) is 4.54. The molecule has 1 aromatic rings. The topological polar surface area (TPSA) is 64.3 Å². The van der Waals surface area contributed by atoms with Gasteiger partial charge in [-0.05, 0) is 83.6 Å². The van der Waals surface area contributed by atoms with Gasteiger partial charge in [-0.3, -0.25) is 14.8 Å². The van der Waals surface area contributed by atoms with Crippen LogP contribution in [0, 0.1) is 5.92 Å². The normalized spacial score (nSPS) is 25.7.